The number of likely N-dealkylation sites (tertiary alicyclic amines) is 1. The Morgan fingerprint density at radius 3 is 2.36 bits per heavy atom. The van der Waals surface area contributed by atoms with Crippen molar-refractivity contribution in [1.29, 1.82) is 0 Å². The van der Waals surface area contributed by atoms with Gasteiger partial charge in [-0.25, -0.2) is 0 Å². The number of hydrogen-bond acceptors (Lipinski definition) is 4. The molecule has 1 aromatic rings. The highest BCUT2D eigenvalue weighted by molar-refractivity contribution is 7.86. The second-order valence-electron chi connectivity index (χ2n) is 8.00. The predicted octanol–water partition coefficient (Wildman–Crippen LogP) is 1.42. The fourth-order valence-electron chi connectivity index (χ4n) is 3.89. The molecule has 0 bridgehead atoms. The molecule has 2 aliphatic rings. The third-order valence-corrected chi connectivity index (χ3v) is 7.54. The van der Waals surface area contributed by atoms with E-state index in [-0.39, 0.29) is 18.4 Å². The molecule has 1 atom stereocenters. The molecule has 0 saturated carbocycles. The van der Waals surface area contributed by atoms with E-state index in [0.29, 0.717) is 19.5 Å². The maximum atomic E-state index is 12.6. The van der Waals surface area contributed by atoms with Crippen LogP contribution < -0.4 is 5.32 Å². The highest BCUT2D eigenvalue weighted by Crippen LogP contribution is 2.20. The van der Waals surface area contributed by atoms with Crippen LogP contribution in [0.5, 0.6) is 0 Å². The van der Waals surface area contributed by atoms with E-state index in [0.717, 1.165) is 18.5 Å². The van der Waals surface area contributed by atoms with Crippen molar-refractivity contribution in [2.24, 2.45) is 5.92 Å². The largest absolute Gasteiger partial charge is 0.352 e. The van der Waals surface area contributed by atoms with Gasteiger partial charge in [0.1, 0.15) is 0 Å². The number of nitrogens with one attached hydrogen (secondary N) is 1. The monoisotopic (exact) mass is 408 g/mol. The minimum atomic E-state index is -3.47. The molecule has 1 amide bonds. The molecule has 7 nitrogen and oxygen atoms in total. The molecule has 156 valence electrons. The maximum Gasteiger partial charge on any atom is 0.281 e. The topological polar surface area (TPSA) is 73.0 Å². The summed E-state index contributed by atoms with van der Waals surface area (Å²) in [5, 5.41) is 2.98. The number of hydrogen-bond donors (Lipinski definition) is 1. The molecule has 1 aromatic carbocycles. The SMILES string of the molecule is CN(C)S(=O)(=O)N1CCCC(C(=O)NCc2ccc(CN3CCCC3)cc2)C1. The first kappa shape index (κ1) is 21.2. The van der Waals surface area contributed by atoms with Crippen LogP contribution in [0.3, 0.4) is 0 Å². The Balaban J connectivity index is 1.49. The van der Waals surface area contributed by atoms with Crippen LogP contribution >= 0.6 is 0 Å². The Morgan fingerprint density at radius 2 is 1.71 bits per heavy atom. The molecule has 2 aliphatic heterocycles. The van der Waals surface area contributed by atoms with Crippen molar-refractivity contribution in [1.82, 2.24) is 18.8 Å². The van der Waals surface area contributed by atoms with E-state index in [2.05, 4.69) is 34.5 Å². The lowest BCUT2D eigenvalue weighted by molar-refractivity contribution is -0.126. The fourth-order valence-corrected chi connectivity index (χ4v) is 5.08. The van der Waals surface area contributed by atoms with Crippen molar-refractivity contribution >= 4 is 16.1 Å². The van der Waals surface area contributed by atoms with E-state index in [9.17, 15) is 13.2 Å². The highest BCUT2D eigenvalue weighted by atomic mass is 32.2. The Labute approximate surface area is 168 Å². The van der Waals surface area contributed by atoms with Crippen molar-refractivity contribution in [2.75, 3.05) is 40.3 Å². The van der Waals surface area contributed by atoms with Crippen LogP contribution in [0.2, 0.25) is 0 Å². The molecule has 2 heterocycles. The van der Waals surface area contributed by atoms with Gasteiger partial charge < -0.3 is 5.32 Å². The summed E-state index contributed by atoms with van der Waals surface area (Å²) < 4.78 is 27.2. The van der Waals surface area contributed by atoms with E-state index in [1.54, 1.807) is 0 Å². The van der Waals surface area contributed by atoms with E-state index in [4.69, 9.17) is 0 Å². The summed E-state index contributed by atoms with van der Waals surface area (Å²) >= 11 is 0. The summed E-state index contributed by atoms with van der Waals surface area (Å²) in [5.41, 5.74) is 2.36. The second-order valence-corrected chi connectivity index (χ2v) is 10.1. The number of rotatable bonds is 7. The van der Waals surface area contributed by atoms with Gasteiger partial charge in [-0.15, -0.1) is 0 Å². The molecule has 28 heavy (non-hydrogen) atoms. The van der Waals surface area contributed by atoms with Gasteiger partial charge in [0, 0.05) is 40.3 Å². The number of piperidine rings is 1. The first-order chi connectivity index (χ1) is 13.4. The van der Waals surface area contributed by atoms with Crippen LogP contribution in [0.25, 0.3) is 0 Å². The summed E-state index contributed by atoms with van der Waals surface area (Å²) in [6, 6.07) is 8.39. The van der Waals surface area contributed by atoms with Gasteiger partial charge in [-0.05, 0) is 49.9 Å². The zero-order valence-electron chi connectivity index (χ0n) is 16.9. The average molecular weight is 409 g/mol. The minimum Gasteiger partial charge on any atom is -0.352 e. The van der Waals surface area contributed by atoms with Gasteiger partial charge >= 0.3 is 0 Å². The van der Waals surface area contributed by atoms with Gasteiger partial charge in [-0.3, -0.25) is 9.69 Å². The molecule has 0 radical (unpaired) electrons. The Morgan fingerprint density at radius 1 is 1.07 bits per heavy atom. The van der Waals surface area contributed by atoms with Crippen molar-refractivity contribution in [3.8, 4) is 0 Å². The molecular weight excluding hydrogens is 376 g/mol. The Kier molecular flexibility index (Phi) is 7.09. The molecule has 1 unspecified atom stereocenters. The molecule has 2 fully saturated rings. The lowest BCUT2D eigenvalue weighted by Gasteiger charge is -2.32. The van der Waals surface area contributed by atoms with Gasteiger partial charge in [0.2, 0.25) is 5.91 Å². The van der Waals surface area contributed by atoms with Crippen LogP contribution in [0.1, 0.15) is 36.8 Å². The number of nitrogens with zero attached hydrogens (tertiary/aromatic N) is 3. The van der Waals surface area contributed by atoms with E-state index in [1.807, 2.05) is 0 Å². The van der Waals surface area contributed by atoms with E-state index < -0.39 is 10.2 Å². The van der Waals surface area contributed by atoms with Gasteiger partial charge in [0.15, 0.2) is 0 Å². The fraction of sp³-hybridized carbons (Fsp3) is 0.650. The first-order valence-corrected chi connectivity index (χ1v) is 11.5. The van der Waals surface area contributed by atoms with Crippen molar-refractivity contribution in [3.63, 3.8) is 0 Å². The molecule has 3 rings (SSSR count). The third kappa shape index (κ3) is 5.31. The van der Waals surface area contributed by atoms with Crippen LogP contribution in [0, 0.1) is 5.92 Å². The third-order valence-electron chi connectivity index (χ3n) is 5.64. The van der Waals surface area contributed by atoms with Gasteiger partial charge in [-0.1, -0.05) is 24.3 Å². The molecule has 0 aliphatic carbocycles. The number of benzene rings is 1. The molecule has 0 aromatic heterocycles. The molecular formula is C20H32N4O3S. The zero-order chi connectivity index (χ0) is 20.1. The number of amides is 1. The van der Waals surface area contributed by atoms with E-state index >= 15 is 0 Å². The predicted molar refractivity (Wildman–Crippen MR) is 110 cm³/mol. The summed E-state index contributed by atoms with van der Waals surface area (Å²) in [6.45, 7) is 4.55. The second kappa shape index (κ2) is 9.35. The minimum absolute atomic E-state index is 0.0696. The summed E-state index contributed by atoms with van der Waals surface area (Å²) in [5.74, 6) is -0.363. The number of carbonyl (C=O) groups excluding carboxylic acids is 1. The van der Waals surface area contributed by atoms with Gasteiger partial charge in [-0.2, -0.15) is 17.0 Å². The van der Waals surface area contributed by atoms with Crippen LogP contribution in [0.15, 0.2) is 24.3 Å². The summed E-state index contributed by atoms with van der Waals surface area (Å²) in [6.07, 6.45) is 4.01. The quantitative estimate of drug-likeness (QED) is 0.741. The molecule has 1 N–H and O–H groups in total. The highest BCUT2D eigenvalue weighted by Gasteiger charge is 2.33. The standard InChI is InChI=1S/C20H32N4O3S/c1-22(2)28(26,27)24-13-5-6-19(16-24)20(25)21-14-17-7-9-18(10-8-17)15-23-11-3-4-12-23/h7-10,19H,3-6,11-16H2,1-2H3,(H,21,25). The van der Waals surface area contributed by atoms with Crippen LogP contribution in [-0.4, -0.2) is 68.1 Å². The average Bonchev–Trinajstić information content (AvgIpc) is 3.20. The molecule has 8 heteroatoms. The smallest absolute Gasteiger partial charge is 0.281 e. The van der Waals surface area contributed by atoms with Gasteiger partial charge in [0.05, 0.1) is 5.92 Å². The normalized spacial score (nSPS) is 21.9. The lowest BCUT2D eigenvalue weighted by Crippen LogP contribution is -2.48. The molecule has 0 spiro atoms. The first-order valence-electron chi connectivity index (χ1n) is 10.1. The van der Waals surface area contributed by atoms with Crippen molar-refractivity contribution in [3.05, 3.63) is 35.4 Å². The maximum absolute atomic E-state index is 12.6. The Hall–Kier alpha value is -1.48. The van der Waals surface area contributed by atoms with Crippen molar-refractivity contribution < 1.29 is 13.2 Å². The zero-order valence-corrected chi connectivity index (χ0v) is 17.7. The molecule has 2 saturated heterocycles. The summed E-state index contributed by atoms with van der Waals surface area (Å²) in [4.78, 5) is 15.0. The van der Waals surface area contributed by atoms with Crippen LogP contribution in [0.4, 0.5) is 0 Å². The number of carbonyl (C=O) groups is 1. The lowest BCUT2D eigenvalue weighted by atomic mass is 9.98. The Bertz CT molecular complexity index is 758. The van der Waals surface area contributed by atoms with Crippen LogP contribution in [-0.2, 0) is 28.1 Å². The van der Waals surface area contributed by atoms with E-state index in [1.165, 1.54) is 54.2 Å². The summed E-state index contributed by atoms with van der Waals surface area (Å²) in [7, 11) is -0.425. The van der Waals surface area contributed by atoms with Gasteiger partial charge in [0.25, 0.3) is 10.2 Å². The van der Waals surface area contributed by atoms with Crippen molar-refractivity contribution in [2.45, 2.75) is 38.8 Å².